The van der Waals surface area contributed by atoms with Gasteiger partial charge in [0, 0.05) is 35.1 Å². The van der Waals surface area contributed by atoms with E-state index in [4.69, 9.17) is 9.47 Å². The average molecular weight is 540 g/mol. The summed E-state index contributed by atoms with van der Waals surface area (Å²) < 4.78 is 13.3. The van der Waals surface area contributed by atoms with Crippen LogP contribution < -0.4 is 9.47 Å². The number of hydrogen-bond acceptors (Lipinski definition) is 4. The minimum absolute atomic E-state index is 0.0115. The van der Waals surface area contributed by atoms with Crippen LogP contribution >= 0.6 is 31.9 Å². The zero-order chi connectivity index (χ0) is 21.7. The van der Waals surface area contributed by atoms with Crippen LogP contribution in [0.25, 0.3) is 0 Å². The molecule has 1 fully saturated rings. The van der Waals surface area contributed by atoms with E-state index < -0.39 is 0 Å². The Bertz CT molecular complexity index is 852. The third-order valence-corrected chi connectivity index (χ3v) is 5.95. The lowest BCUT2D eigenvalue weighted by molar-refractivity contribution is -0.141. The van der Waals surface area contributed by atoms with E-state index in [0.717, 1.165) is 20.1 Å². The Kier molecular flexibility index (Phi) is 7.77. The minimum atomic E-state index is -0.0776. The van der Waals surface area contributed by atoms with Crippen LogP contribution in [0, 0.1) is 13.8 Å². The van der Waals surface area contributed by atoms with Gasteiger partial charge < -0.3 is 19.3 Å². The molecule has 0 spiro atoms. The second-order valence-corrected chi connectivity index (χ2v) is 8.99. The molecular weight excluding hydrogens is 516 g/mol. The molecule has 0 radical (unpaired) electrons. The van der Waals surface area contributed by atoms with Crippen molar-refractivity contribution in [1.29, 1.82) is 0 Å². The quantitative estimate of drug-likeness (QED) is 0.557. The molecule has 0 aliphatic carbocycles. The molecule has 0 aromatic heterocycles. The highest BCUT2D eigenvalue weighted by Gasteiger charge is 2.24. The van der Waals surface area contributed by atoms with Crippen molar-refractivity contribution in [3.05, 3.63) is 56.5 Å². The summed E-state index contributed by atoms with van der Waals surface area (Å²) in [5.41, 5.74) is 1.93. The summed E-state index contributed by atoms with van der Waals surface area (Å²) >= 11 is 6.83. The van der Waals surface area contributed by atoms with Crippen molar-refractivity contribution in [2.75, 3.05) is 39.4 Å². The van der Waals surface area contributed by atoms with E-state index >= 15 is 0 Å². The Hall–Kier alpha value is -2.06. The highest BCUT2D eigenvalue weighted by molar-refractivity contribution is 9.10. The molecule has 6 nitrogen and oxygen atoms in total. The van der Waals surface area contributed by atoms with Gasteiger partial charge in [-0.15, -0.1) is 0 Å². The number of amides is 2. The van der Waals surface area contributed by atoms with Crippen LogP contribution in [-0.4, -0.2) is 61.0 Å². The van der Waals surface area contributed by atoms with E-state index in [0.29, 0.717) is 37.7 Å². The lowest BCUT2D eigenvalue weighted by Crippen LogP contribution is -2.52. The largest absolute Gasteiger partial charge is 0.483 e. The standard InChI is InChI=1S/C22H24Br2N2O4/c1-15-11-17(23)3-5-19(15)29-13-21(27)25-7-9-26(10-8-25)22(28)14-30-20-6-4-18(24)12-16(20)2/h3-6,11-12H,7-10,13-14H2,1-2H3. The molecule has 0 N–H and O–H groups in total. The summed E-state index contributed by atoms with van der Waals surface area (Å²) in [6.07, 6.45) is 0. The van der Waals surface area contributed by atoms with Crippen LogP contribution in [0.4, 0.5) is 0 Å². The van der Waals surface area contributed by atoms with E-state index in [1.165, 1.54) is 0 Å². The van der Waals surface area contributed by atoms with Crippen LogP contribution in [0.5, 0.6) is 11.5 Å². The van der Waals surface area contributed by atoms with Gasteiger partial charge in [0.1, 0.15) is 11.5 Å². The second kappa shape index (κ2) is 10.3. The van der Waals surface area contributed by atoms with Crippen LogP contribution in [-0.2, 0) is 9.59 Å². The molecule has 1 saturated heterocycles. The fourth-order valence-electron chi connectivity index (χ4n) is 3.22. The number of benzene rings is 2. The van der Waals surface area contributed by atoms with Crippen LogP contribution in [0.1, 0.15) is 11.1 Å². The van der Waals surface area contributed by atoms with Crippen molar-refractivity contribution in [1.82, 2.24) is 9.80 Å². The molecule has 0 bridgehead atoms. The van der Waals surface area contributed by atoms with Crippen LogP contribution in [0.2, 0.25) is 0 Å². The van der Waals surface area contributed by atoms with Crippen molar-refractivity contribution in [2.45, 2.75) is 13.8 Å². The number of rotatable bonds is 6. The zero-order valence-corrected chi connectivity index (χ0v) is 20.2. The van der Waals surface area contributed by atoms with Gasteiger partial charge in [-0.2, -0.15) is 0 Å². The van der Waals surface area contributed by atoms with Crippen molar-refractivity contribution in [3.8, 4) is 11.5 Å². The molecule has 30 heavy (non-hydrogen) atoms. The van der Waals surface area contributed by atoms with Gasteiger partial charge in [-0.1, -0.05) is 31.9 Å². The summed E-state index contributed by atoms with van der Waals surface area (Å²) in [6, 6.07) is 11.3. The van der Waals surface area contributed by atoms with Gasteiger partial charge >= 0.3 is 0 Å². The number of hydrogen-bond donors (Lipinski definition) is 0. The molecular formula is C22H24Br2N2O4. The zero-order valence-electron chi connectivity index (χ0n) is 17.0. The Balaban J connectivity index is 1.43. The Morgan fingerprint density at radius 3 is 1.47 bits per heavy atom. The average Bonchev–Trinajstić information content (AvgIpc) is 2.72. The number of carbonyl (C=O) groups excluding carboxylic acids is 2. The Labute approximate surface area is 193 Å². The van der Waals surface area contributed by atoms with E-state index in [9.17, 15) is 9.59 Å². The van der Waals surface area contributed by atoms with E-state index in [1.54, 1.807) is 9.80 Å². The van der Waals surface area contributed by atoms with Crippen LogP contribution in [0.3, 0.4) is 0 Å². The maximum Gasteiger partial charge on any atom is 0.260 e. The summed E-state index contributed by atoms with van der Waals surface area (Å²) in [5.74, 6) is 1.24. The molecule has 0 atom stereocenters. The summed E-state index contributed by atoms with van der Waals surface area (Å²) in [4.78, 5) is 28.4. The third-order valence-electron chi connectivity index (χ3n) is 4.96. The van der Waals surface area contributed by atoms with Gasteiger partial charge in [0.15, 0.2) is 13.2 Å². The fourth-order valence-corrected chi connectivity index (χ4v) is 4.17. The highest BCUT2D eigenvalue weighted by Crippen LogP contribution is 2.23. The molecule has 1 heterocycles. The monoisotopic (exact) mass is 538 g/mol. The van der Waals surface area contributed by atoms with Crippen molar-refractivity contribution in [3.63, 3.8) is 0 Å². The molecule has 8 heteroatoms. The second-order valence-electron chi connectivity index (χ2n) is 7.16. The number of piperazine rings is 1. The number of nitrogens with zero attached hydrogens (tertiary/aromatic N) is 2. The maximum absolute atomic E-state index is 12.5. The predicted molar refractivity (Wildman–Crippen MR) is 122 cm³/mol. The van der Waals surface area contributed by atoms with Gasteiger partial charge in [-0.25, -0.2) is 0 Å². The minimum Gasteiger partial charge on any atom is -0.483 e. The van der Waals surface area contributed by atoms with Crippen LogP contribution in [0.15, 0.2) is 45.3 Å². The fraction of sp³-hybridized carbons (Fsp3) is 0.364. The molecule has 2 amide bonds. The van der Waals surface area contributed by atoms with Gasteiger partial charge in [0.25, 0.3) is 11.8 Å². The number of aryl methyl sites for hydroxylation is 2. The summed E-state index contributed by atoms with van der Waals surface area (Å²) in [6.45, 7) is 5.81. The third kappa shape index (κ3) is 5.98. The number of carbonyl (C=O) groups is 2. The molecule has 160 valence electrons. The molecule has 2 aromatic rings. The molecule has 0 saturated carbocycles. The number of halogens is 2. The first-order chi connectivity index (χ1) is 14.3. The lowest BCUT2D eigenvalue weighted by Gasteiger charge is -2.34. The smallest absolute Gasteiger partial charge is 0.260 e. The number of ether oxygens (including phenoxy) is 2. The first kappa shape index (κ1) is 22.6. The first-order valence-corrected chi connectivity index (χ1v) is 11.3. The van der Waals surface area contributed by atoms with E-state index in [2.05, 4.69) is 31.9 Å². The summed E-state index contributed by atoms with van der Waals surface area (Å²) in [5, 5.41) is 0. The molecule has 3 rings (SSSR count). The highest BCUT2D eigenvalue weighted by atomic mass is 79.9. The lowest BCUT2D eigenvalue weighted by atomic mass is 10.2. The van der Waals surface area contributed by atoms with Crippen molar-refractivity contribution in [2.24, 2.45) is 0 Å². The van der Waals surface area contributed by atoms with Crippen molar-refractivity contribution >= 4 is 43.7 Å². The van der Waals surface area contributed by atoms with E-state index in [1.807, 2.05) is 50.2 Å². The topological polar surface area (TPSA) is 59.1 Å². The van der Waals surface area contributed by atoms with Gasteiger partial charge in [0.05, 0.1) is 0 Å². The maximum atomic E-state index is 12.5. The Morgan fingerprint density at radius 2 is 1.13 bits per heavy atom. The van der Waals surface area contributed by atoms with Gasteiger partial charge in [-0.3, -0.25) is 9.59 Å². The normalized spacial score (nSPS) is 13.9. The van der Waals surface area contributed by atoms with Gasteiger partial charge in [0.2, 0.25) is 0 Å². The van der Waals surface area contributed by atoms with Crippen molar-refractivity contribution < 1.29 is 19.1 Å². The SMILES string of the molecule is Cc1cc(Br)ccc1OCC(=O)N1CCN(C(=O)COc2ccc(Br)cc2C)CC1. The molecule has 2 aromatic carbocycles. The molecule has 1 aliphatic heterocycles. The summed E-state index contributed by atoms with van der Waals surface area (Å²) in [7, 11) is 0. The first-order valence-electron chi connectivity index (χ1n) is 9.67. The molecule has 0 unspecified atom stereocenters. The predicted octanol–water partition coefficient (Wildman–Crippen LogP) is 3.96. The van der Waals surface area contributed by atoms with Gasteiger partial charge in [-0.05, 0) is 61.4 Å². The van der Waals surface area contributed by atoms with E-state index in [-0.39, 0.29) is 25.0 Å². The Morgan fingerprint density at radius 1 is 0.767 bits per heavy atom. The molecule has 1 aliphatic rings.